The summed E-state index contributed by atoms with van der Waals surface area (Å²) in [6.45, 7) is 9.12. The molecule has 1 aliphatic rings. The van der Waals surface area contributed by atoms with Crippen LogP contribution in [0, 0.1) is 17.3 Å². The molecule has 2 atom stereocenters. The zero-order valence-corrected chi connectivity index (χ0v) is 15.6. The van der Waals surface area contributed by atoms with Crippen LogP contribution in [0.3, 0.4) is 0 Å². The van der Waals surface area contributed by atoms with Crippen LogP contribution in [-0.2, 0) is 11.2 Å². The number of ether oxygens (including phenoxy) is 2. The number of allylic oxidation sites excluding steroid dienone is 2. The fraction of sp³-hybridized carbons (Fsp3) is 0.550. The molecule has 1 saturated carbocycles. The van der Waals surface area contributed by atoms with E-state index in [-0.39, 0.29) is 17.2 Å². The molecule has 4 nitrogen and oxygen atoms in total. The number of hydrogen-bond acceptors (Lipinski definition) is 3. The number of carbonyl (C=O) groups excluding carboxylic acids is 1. The highest BCUT2D eigenvalue weighted by Gasteiger charge is 2.60. The lowest BCUT2D eigenvalue weighted by Crippen LogP contribution is -2.28. The van der Waals surface area contributed by atoms with Crippen LogP contribution < -0.4 is 14.8 Å². The number of amides is 1. The maximum absolute atomic E-state index is 12.4. The highest BCUT2D eigenvalue weighted by Crippen LogP contribution is 2.59. The molecule has 1 N–H and O–H groups in total. The Labute approximate surface area is 145 Å². The Morgan fingerprint density at radius 3 is 2.46 bits per heavy atom. The van der Waals surface area contributed by atoms with Crippen LogP contribution in [0.4, 0.5) is 0 Å². The molecule has 1 aromatic carbocycles. The van der Waals surface area contributed by atoms with Crippen molar-refractivity contribution in [3.63, 3.8) is 0 Å². The minimum atomic E-state index is 0.0602. The van der Waals surface area contributed by atoms with Gasteiger partial charge in [-0.05, 0) is 49.3 Å². The van der Waals surface area contributed by atoms with Gasteiger partial charge in [-0.3, -0.25) is 4.79 Å². The lowest BCUT2D eigenvalue weighted by atomic mass is 10.1. The number of benzene rings is 1. The van der Waals surface area contributed by atoms with Gasteiger partial charge in [0.2, 0.25) is 5.91 Å². The first-order chi connectivity index (χ1) is 11.3. The number of rotatable bonds is 7. The average molecular weight is 331 g/mol. The molecule has 0 saturated heterocycles. The predicted molar refractivity (Wildman–Crippen MR) is 96.5 cm³/mol. The minimum absolute atomic E-state index is 0.0602. The van der Waals surface area contributed by atoms with Gasteiger partial charge < -0.3 is 14.8 Å². The van der Waals surface area contributed by atoms with E-state index in [1.165, 1.54) is 5.57 Å². The molecule has 0 spiro atoms. The van der Waals surface area contributed by atoms with Crippen molar-refractivity contribution in [1.29, 1.82) is 0 Å². The highest BCUT2D eigenvalue weighted by molar-refractivity contribution is 5.83. The lowest BCUT2D eigenvalue weighted by molar-refractivity contribution is -0.123. The Balaban J connectivity index is 1.89. The number of carbonyl (C=O) groups is 1. The maximum atomic E-state index is 12.4. The average Bonchev–Trinajstić information content (AvgIpc) is 3.06. The van der Waals surface area contributed by atoms with Crippen molar-refractivity contribution < 1.29 is 14.3 Å². The van der Waals surface area contributed by atoms with Crippen LogP contribution in [0.25, 0.3) is 0 Å². The van der Waals surface area contributed by atoms with E-state index in [2.05, 4.69) is 39.1 Å². The van der Waals surface area contributed by atoms with Gasteiger partial charge in [0, 0.05) is 6.54 Å². The van der Waals surface area contributed by atoms with Gasteiger partial charge in [0.25, 0.3) is 0 Å². The zero-order chi connectivity index (χ0) is 17.9. The van der Waals surface area contributed by atoms with E-state index in [9.17, 15) is 4.79 Å². The standard InChI is InChI=1S/C20H29NO3/c1-13(2)11-15-18(20(15,3)4)19(22)21-10-9-14-7-8-16(23-5)17(12-14)24-6/h7-8,11-12,15,18H,9-10H2,1-6H3,(H,21,22)/t15-,18+/m0/s1. The Hall–Kier alpha value is -1.97. The summed E-state index contributed by atoms with van der Waals surface area (Å²) < 4.78 is 10.6. The van der Waals surface area contributed by atoms with Crippen LogP contribution in [0.15, 0.2) is 29.8 Å². The second kappa shape index (κ2) is 7.29. The maximum Gasteiger partial charge on any atom is 0.224 e. The van der Waals surface area contributed by atoms with Crippen LogP contribution >= 0.6 is 0 Å². The van der Waals surface area contributed by atoms with E-state index in [1.807, 2.05) is 18.2 Å². The SMILES string of the molecule is COc1ccc(CCNC(=O)[C@H]2[C@H](C=C(C)C)C2(C)C)cc1OC. The van der Waals surface area contributed by atoms with E-state index in [1.54, 1.807) is 14.2 Å². The third kappa shape index (κ3) is 3.92. The lowest BCUT2D eigenvalue weighted by Gasteiger charge is -2.10. The predicted octanol–water partition coefficient (Wildman–Crippen LogP) is 3.60. The molecule has 1 aromatic rings. The quantitative estimate of drug-likeness (QED) is 0.777. The summed E-state index contributed by atoms with van der Waals surface area (Å²) in [7, 11) is 3.25. The molecule has 0 radical (unpaired) electrons. The first kappa shape index (κ1) is 18.4. The summed E-state index contributed by atoms with van der Waals surface area (Å²) in [5.41, 5.74) is 2.45. The first-order valence-electron chi connectivity index (χ1n) is 8.45. The molecule has 132 valence electrons. The second-order valence-corrected chi connectivity index (χ2v) is 7.30. The van der Waals surface area contributed by atoms with Gasteiger partial charge in [0.05, 0.1) is 20.1 Å². The molecular weight excluding hydrogens is 302 g/mol. The molecule has 1 amide bonds. The molecule has 2 rings (SSSR count). The number of hydrogen-bond donors (Lipinski definition) is 1. The van der Waals surface area contributed by atoms with Crippen LogP contribution in [0.2, 0.25) is 0 Å². The van der Waals surface area contributed by atoms with Crippen molar-refractivity contribution >= 4 is 5.91 Å². The Kier molecular flexibility index (Phi) is 5.58. The Morgan fingerprint density at radius 1 is 1.21 bits per heavy atom. The zero-order valence-electron chi connectivity index (χ0n) is 15.6. The monoisotopic (exact) mass is 331 g/mol. The summed E-state index contributed by atoms with van der Waals surface area (Å²) in [5.74, 6) is 2.02. The molecule has 0 unspecified atom stereocenters. The van der Waals surface area contributed by atoms with E-state index >= 15 is 0 Å². The molecule has 0 heterocycles. The van der Waals surface area contributed by atoms with E-state index in [0.29, 0.717) is 18.2 Å². The van der Waals surface area contributed by atoms with Crippen LogP contribution in [-0.4, -0.2) is 26.7 Å². The molecule has 1 aliphatic carbocycles. The Bertz CT molecular complexity index is 630. The summed E-state index contributed by atoms with van der Waals surface area (Å²) in [5, 5.41) is 3.08. The van der Waals surface area contributed by atoms with E-state index < -0.39 is 0 Å². The minimum Gasteiger partial charge on any atom is -0.493 e. The molecule has 1 fully saturated rings. The van der Waals surface area contributed by atoms with Crippen molar-refractivity contribution in [2.24, 2.45) is 17.3 Å². The summed E-state index contributed by atoms with van der Waals surface area (Å²) >= 11 is 0. The van der Waals surface area contributed by atoms with Gasteiger partial charge in [-0.2, -0.15) is 0 Å². The van der Waals surface area contributed by atoms with Crippen LogP contribution in [0.1, 0.15) is 33.3 Å². The van der Waals surface area contributed by atoms with Crippen molar-refractivity contribution in [3.05, 3.63) is 35.4 Å². The number of nitrogens with one attached hydrogen (secondary N) is 1. The van der Waals surface area contributed by atoms with Gasteiger partial charge in [0.15, 0.2) is 11.5 Å². The molecule has 0 aromatic heterocycles. The molecule has 4 heteroatoms. The third-order valence-corrected chi connectivity index (χ3v) is 4.87. The van der Waals surface area contributed by atoms with E-state index in [0.717, 1.165) is 17.7 Å². The Morgan fingerprint density at radius 2 is 1.88 bits per heavy atom. The number of methoxy groups -OCH3 is 2. The first-order valence-corrected chi connectivity index (χ1v) is 8.45. The normalized spacial score (nSPS) is 20.9. The van der Waals surface area contributed by atoms with E-state index in [4.69, 9.17) is 9.47 Å². The van der Waals surface area contributed by atoms with Crippen molar-refractivity contribution in [1.82, 2.24) is 5.32 Å². The third-order valence-electron chi connectivity index (χ3n) is 4.87. The second-order valence-electron chi connectivity index (χ2n) is 7.30. The summed E-state index contributed by atoms with van der Waals surface area (Å²) in [6, 6.07) is 5.85. The molecule has 0 bridgehead atoms. The summed E-state index contributed by atoms with van der Waals surface area (Å²) in [4.78, 5) is 12.4. The van der Waals surface area contributed by atoms with Crippen LogP contribution in [0.5, 0.6) is 11.5 Å². The molecule has 24 heavy (non-hydrogen) atoms. The largest absolute Gasteiger partial charge is 0.493 e. The van der Waals surface area contributed by atoms with Gasteiger partial charge in [0.1, 0.15) is 0 Å². The van der Waals surface area contributed by atoms with Gasteiger partial charge in [-0.15, -0.1) is 0 Å². The van der Waals surface area contributed by atoms with Crippen molar-refractivity contribution in [2.45, 2.75) is 34.1 Å². The topological polar surface area (TPSA) is 47.6 Å². The van der Waals surface area contributed by atoms with Crippen molar-refractivity contribution in [3.8, 4) is 11.5 Å². The highest BCUT2D eigenvalue weighted by atomic mass is 16.5. The summed E-state index contributed by atoms with van der Waals surface area (Å²) in [6.07, 6.45) is 2.99. The van der Waals surface area contributed by atoms with Crippen molar-refractivity contribution in [2.75, 3.05) is 20.8 Å². The van der Waals surface area contributed by atoms with Gasteiger partial charge in [-0.1, -0.05) is 31.6 Å². The fourth-order valence-electron chi connectivity index (χ4n) is 3.32. The molecule has 0 aliphatic heterocycles. The van der Waals surface area contributed by atoms with Gasteiger partial charge in [-0.25, -0.2) is 0 Å². The van der Waals surface area contributed by atoms with Gasteiger partial charge >= 0.3 is 0 Å². The fourth-order valence-corrected chi connectivity index (χ4v) is 3.32. The molecular formula is C20H29NO3. The smallest absolute Gasteiger partial charge is 0.224 e.